The van der Waals surface area contributed by atoms with Crippen molar-refractivity contribution < 1.29 is 23.8 Å². The molecule has 3 atom stereocenters. The van der Waals surface area contributed by atoms with Gasteiger partial charge in [-0.25, -0.2) is 14.2 Å². The first-order valence-corrected chi connectivity index (χ1v) is 12.7. The number of H-pyrrole nitrogens is 1. The molecular weight excluding hydrogens is 511 g/mol. The number of ether oxygens (including phenoxy) is 1. The number of hydrogen-bond acceptors (Lipinski definition) is 5. The zero-order valence-electron chi connectivity index (χ0n) is 21.7. The minimum atomic E-state index is -0.909. The second kappa shape index (κ2) is 11.4. The summed E-state index contributed by atoms with van der Waals surface area (Å²) in [5, 5.41) is 11.8. The standard InChI is InChI=1S/C31H27FN4O4/c1-3-20-9-14-24(25(32)17-20)26-18-33-29(34-26)28(19(2)21-7-5-4-6-8-21)36-30(38)27(35-31(36)39)22-10-12-23(13-11-22)40-16-15-37/h1,4-14,17-19,27-28,37H,15-16H2,2H3,(H,33,34)(H,35,39)/t19-,27+,28-/m0/s1. The molecule has 0 unspecified atom stereocenters. The summed E-state index contributed by atoms with van der Waals surface area (Å²) in [7, 11) is 0. The lowest BCUT2D eigenvalue weighted by molar-refractivity contribution is -0.129. The first-order valence-electron chi connectivity index (χ1n) is 12.7. The van der Waals surface area contributed by atoms with Gasteiger partial charge in [-0.3, -0.25) is 9.69 Å². The number of aliphatic hydroxyl groups is 1. The number of benzene rings is 3. The average molecular weight is 539 g/mol. The van der Waals surface area contributed by atoms with E-state index in [0.717, 1.165) is 5.56 Å². The fraction of sp³-hybridized carbons (Fsp3) is 0.194. The van der Waals surface area contributed by atoms with Crippen molar-refractivity contribution in [1.82, 2.24) is 20.2 Å². The summed E-state index contributed by atoms with van der Waals surface area (Å²) in [4.78, 5) is 36.0. The first-order chi connectivity index (χ1) is 19.4. The second-order valence-corrected chi connectivity index (χ2v) is 9.40. The Labute approximate surface area is 230 Å². The Balaban J connectivity index is 1.50. The number of carbonyl (C=O) groups is 2. The summed E-state index contributed by atoms with van der Waals surface area (Å²) >= 11 is 0. The zero-order chi connectivity index (χ0) is 28.2. The van der Waals surface area contributed by atoms with E-state index < -0.39 is 29.8 Å². The van der Waals surface area contributed by atoms with Gasteiger partial charge in [-0.05, 0) is 41.5 Å². The van der Waals surface area contributed by atoms with E-state index in [4.69, 9.17) is 16.3 Å². The molecule has 5 rings (SSSR count). The highest BCUT2D eigenvalue weighted by molar-refractivity contribution is 6.05. The molecule has 3 N–H and O–H groups in total. The van der Waals surface area contributed by atoms with Gasteiger partial charge in [-0.15, -0.1) is 6.42 Å². The van der Waals surface area contributed by atoms with Crippen molar-refractivity contribution in [1.29, 1.82) is 0 Å². The van der Waals surface area contributed by atoms with Gasteiger partial charge in [0.15, 0.2) is 0 Å². The molecular formula is C31H27FN4O4. The summed E-state index contributed by atoms with van der Waals surface area (Å²) < 4.78 is 20.2. The molecule has 0 saturated carbocycles. The lowest BCUT2D eigenvalue weighted by atomic mass is 9.91. The predicted molar refractivity (Wildman–Crippen MR) is 147 cm³/mol. The van der Waals surface area contributed by atoms with Gasteiger partial charge in [-0.2, -0.15) is 0 Å². The third-order valence-corrected chi connectivity index (χ3v) is 6.92. The number of carbonyl (C=O) groups excluding carboxylic acids is 2. The van der Waals surface area contributed by atoms with Crippen molar-refractivity contribution in [2.45, 2.75) is 24.9 Å². The maximum absolute atomic E-state index is 14.8. The van der Waals surface area contributed by atoms with Gasteiger partial charge in [0.25, 0.3) is 5.91 Å². The number of urea groups is 1. The Hall–Kier alpha value is -4.94. The molecule has 1 aliphatic rings. The summed E-state index contributed by atoms with van der Waals surface area (Å²) in [5.41, 5.74) is 2.55. The fourth-order valence-electron chi connectivity index (χ4n) is 4.87. The van der Waals surface area contributed by atoms with Crippen LogP contribution in [0.3, 0.4) is 0 Å². The van der Waals surface area contributed by atoms with Crippen LogP contribution in [-0.2, 0) is 4.79 Å². The van der Waals surface area contributed by atoms with Crippen molar-refractivity contribution in [2.75, 3.05) is 13.2 Å². The summed E-state index contributed by atoms with van der Waals surface area (Å²) in [6.45, 7) is 1.94. The van der Waals surface area contributed by atoms with Gasteiger partial charge in [-0.1, -0.05) is 55.3 Å². The van der Waals surface area contributed by atoms with Crippen LogP contribution in [0.5, 0.6) is 5.75 Å². The molecule has 2 heterocycles. The van der Waals surface area contributed by atoms with Gasteiger partial charge in [0.05, 0.1) is 18.5 Å². The third-order valence-electron chi connectivity index (χ3n) is 6.92. The van der Waals surface area contributed by atoms with E-state index in [9.17, 15) is 14.0 Å². The molecule has 0 radical (unpaired) electrons. The predicted octanol–water partition coefficient (Wildman–Crippen LogP) is 4.71. The molecule has 0 spiro atoms. The Bertz CT molecular complexity index is 1560. The van der Waals surface area contributed by atoms with Crippen LogP contribution in [0.4, 0.5) is 9.18 Å². The van der Waals surface area contributed by atoms with Gasteiger partial charge in [0.1, 0.15) is 36.1 Å². The van der Waals surface area contributed by atoms with E-state index in [2.05, 4.69) is 21.2 Å². The number of hydrogen-bond donors (Lipinski definition) is 3. The van der Waals surface area contributed by atoms with E-state index in [1.54, 1.807) is 36.4 Å². The Morgan fingerprint density at radius 3 is 2.55 bits per heavy atom. The largest absolute Gasteiger partial charge is 0.491 e. The minimum absolute atomic E-state index is 0.119. The molecule has 4 aromatic rings. The number of amides is 3. The zero-order valence-corrected chi connectivity index (χ0v) is 21.7. The van der Waals surface area contributed by atoms with E-state index in [1.165, 1.54) is 17.2 Å². The average Bonchev–Trinajstić information content (AvgIpc) is 3.57. The van der Waals surface area contributed by atoms with Crippen LogP contribution in [-0.4, -0.2) is 45.1 Å². The van der Waals surface area contributed by atoms with E-state index >= 15 is 0 Å². The molecule has 8 nitrogen and oxygen atoms in total. The summed E-state index contributed by atoms with van der Waals surface area (Å²) in [6.07, 6.45) is 6.87. The number of rotatable bonds is 9. The SMILES string of the molecule is C#Cc1ccc(-c2cnc([C@H]([C@@H](C)c3ccccc3)N3C(=O)N[C@H](c4ccc(OCCO)cc4)C3=O)[nH]2)c(F)c1. The van der Waals surface area contributed by atoms with Crippen LogP contribution in [0.2, 0.25) is 0 Å². The molecule has 0 bridgehead atoms. The van der Waals surface area contributed by atoms with Gasteiger partial charge in [0.2, 0.25) is 0 Å². The number of nitrogens with one attached hydrogen (secondary N) is 2. The monoisotopic (exact) mass is 538 g/mol. The molecule has 40 heavy (non-hydrogen) atoms. The van der Waals surface area contributed by atoms with E-state index in [0.29, 0.717) is 28.4 Å². The summed E-state index contributed by atoms with van der Waals surface area (Å²) in [5.74, 6) is 1.97. The lowest BCUT2D eigenvalue weighted by Crippen LogP contribution is -2.38. The number of halogens is 1. The third kappa shape index (κ3) is 5.17. The van der Waals surface area contributed by atoms with Crippen molar-refractivity contribution in [3.63, 3.8) is 0 Å². The number of aromatic amines is 1. The van der Waals surface area contributed by atoms with Crippen LogP contribution in [0, 0.1) is 18.2 Å². The Kier molecular flexibility index (Phi) is 7.62. The normalized spacial score (nSPS) is 16.4. The topological polar surface area (TPSA) is 108 Å². The number of imidazole rings is 1. The van der Waals surface area contributed by atoms with Crippen molar-refractivity contribution >= 4 is 11.9 Å². The minimum Gasteiger partial charge on any atom is -0.491 e. The number of aromatic nitrogens is 2. The van der Waals surface area contributed by atoms with Crippen LogP contribution >= 0.6 is 0 Å². The molecule has 0 aliphatic carbocycles. The maximum atomic E-state index is 14.8. The van der Waals surface area contributed by atoms with Crippen LogP contribution in [0.25, 0.3) is 11.3 Å². The molecule has 1 aliphatic heterocycles. The Morgan fingerprint density at radius 2 is 1.88 bits per heavy atom. The molecule has 1 fully saturated rings. The highest BCUT2D eigenvalue weighted by Gasteiger charge is 2.46. The number of nitrogens with zero attached hydrogens (tertiary/aromatic N) is 2. The van der Waals surface area contributed by atoms with Crippen molar-refractivity contribution in [3.8, 4) is 29.4 Å². The number of aliphatic hydroxyl groups excluding tert-OH is 1. The van der Waals surface area contributed by atoms with Crippen molar-refractivity contribution in [2.24, 2.45) is 0 Å². The molecule has 3 amide bonds. The highest BCUT2D eigenvalue weighted by atomic mass is 19.1. The number of terminal acetylenes is 1. The van der Waals surface area contributed by atoms with Crippen LogP contribution in [0.1, 0.15) is 47.4 Å². The van der Waals surface area contributed by atoms with Crippen LogP contribution in [0.15, 0.2) is 79.0 Å². The molecule has 202 valence electrons. The van der Waals surface area contributed by atoms with E-state index in [-0.39, 0.29) is 24.7 Å². The Morgan fingerprint density at radius 1 is 1.12 bits per heavy atom. The first kappa shape index (κ1) is 26.7. The molecule has 9 heteroatoms. The quantitative estimate of drug-likeness (QED) is 0.211. The molecule has 3 aromatic carbocycles. The molecule has 1 aromatic heterocycles. The maximum Gasteiger partial charge on any atom is 0.325 e. The highest BCUT2D eigenvalue weighted by Crippen LogP contribution is 2.39. The number of imide groups is 1. The smallest absolute Gasteiger partial charge is 0.325 e. The van der Waals surface area contributed by atoms with Crippen molar-refractivity contribution in [3.05, 3.63) is 107 Å². The lowest BCUT2D eigenvalue weighted by Gasteiger charge is -2.29. The molecule has 1 saturated heterocycles. The van der Waals surface area contributed by atoms with Gasteiger partial charge in [0, 0.05) is 17.0 Å². The van der Waals surface area contributed by atoms with Gasteiger partial charge >= 0.3 is 6.03 Å². The van der Waals surface area contributed by atoms with Gasteiger partial charge < -0.3 is 20.1 Å². The van der Waals surface area contributed by atoms with Crippen LogP contribution < -0.4 is 10.1 Å². The van der Waals surface area contributed by atoms with E-state index in [1.807, 2.05) is 37.3 Å². The fourth-order valence-corrected chi connectivity index (χ4v) is 4.87. The summed E-state index contributed by atoms with van der Waals surface area (Å²) in [6, 6.07) is 18.4. The second-order valence-electron chi connectivity index (χ2n) is 9.40.